The smallest absolute Gasteiger partial charge is 0.433 e. The Labute approximate surface area is 220 Å². The molecule has 2 aliphatic rings. The predicted octanol–water partition coefficient (Wildman–Crippen LogP) is 4.90. The molecule has 12 heteroatoms. The molecule has 5 heterocycles. The average Bonchev–Trinajstić information content (AvgIpc) is 3.55. The maximum atomic E-state index is 14.7. The zero-order chi connectivity index (χ0) is 27.5. The largest absolute Gasteiger partial charge is 0.493 e. The molecule has 1 aromatic carbocycles. The molecule has 0 atom stereocenters. The maximum absolute atomic E-state index is 14.7. The summed E-state index contributed by atoms with van der Waals surface area (Å²) < 4.78 is 62.3. The number of imidazole rings is 1. The van der Waals surface area contributed by atoms with Crippen molar-refractivity contribution >= 4 is 17.4 Å². The molecule has 0 fully saturated rings. The maximum Gasteiger partial charge on any atom is 0.433 e. The van der Waals surface area contributed by atoms with Gasteiger partial charge in [-0.15, -0.1) is 0 Å². The first-order valence-corrected chi connectivity index (χ1v) is 12.5. The Morgan fingerprint density at radius 2 is 1.90 bits per heavy atom. The highest BCUT2D eigenvalue weighted by molar-refractivity contribution is 6.04. The Hall–Kier alpha value is -4.22. The number of fused-ring (bicyclic) bond motifs is 3. The van der Waals surface area contributed by atoms with Crippen LogP contribution in [0.3, 0.4) is 0 Å². The third kappa shape index (κ3) is 4.23. The molecule has 4 aromatic rings. The molecular formula is C27H24F4N6O2. The van der Waals surface area contributed by atoms with Crippen LogP contribution in [0.25, 0.3) is 16.6 Å². The van der Waals surface area contributed by atoms with E-state index in [2.05, 4.69) is 20.3 Å². The lowest BCUT2D eigenvalue weighted by molar-refractivity contribution is -0.141. The second-order valence-electron chi connectivity index (χ2n) is 9.83. The van der Waals surface area contributed by atoms with Crippen LogP contribution < -0.4 is 10.1 Å². The highest BCUT2D eigenvalue weighted by atomic mass is 19.4. The van der Waals surface area contributed by atoms with Gasteiger partial charge < -0.3 is 15.0 Å². The molecule has 0 bridgehead atoms. The number of rotatable bonds is 4. The summed E-state index contributed by atoms with van der Waals surface area (Å²) in [7, 11) is 0. The van der Waals surface area contributed by atoms with Gasteiger partial charge >= 0.3 is 6.18 Å². The van der Waals surface area contributed by atoms with Crippen LogP contribution in [-0.2, 0) is 25.6 Å². The SMILES string of the molecule is CC(C)N1CCc2cc(C(F)(F)F)ncc2-c2cnc(NCc3c(F)ccc4c3CCO4)n3cnc(c23)C1=O. The van der Waals surface area contributed by atoms with E-state index in [0.717, 1.165) is 11.6 Å². The van der Waals surface area contributed by atoms with Crippen molar-refractivity contribution < 1.29 is 27.1 Å². The van der Waals surface area contributed by atoms with Gasteiger partial charge in [-0.2, -0.15) is 13.2 Å². The molecule has 0 aliphatic carbocycles. The third-order valence-electron chi connectivity index (χ3n) is 7.21. The number of amides is 1. The molecule has 0 radical (unpaired) electrons. The molecule has 2 aliphatic heterocycles. The van der Waals surface area contributed by atoms with Gasteiger partial charge in [-0.3, -0.25) is 14.2 Å². The summed E-state index contributed by atoms with van der Waals surface area (Å²) in [5, 5.41) is 3.14. The summed E-state index contributed by atoms with van der Waals surface area (Å²) in [5.41, 5.74) is 2.05. The van der Waals surface area contributed by atoms with Gasteiger partial charge in [0.2, 0.25) is 5.95 Å². The number of carbonyl (C=O) groups excluding carboxylic acids is 1. The summed E-state index contributed by atoms with van der Waals surface area (Å²) in [4.78, 5) is 27.8. The number of nitrogens with one attached hydrogen (secondary N) is 1. The van der Waals surface area contributed by atoms with Crippen LogP contribution >= 0.6 is 0 Å². The standard InChI is InChI=1S/C27H24F4N6O2/c1-14(2)36-7-5-15-9-22(27(29,30)31)32-10-17(15)19-12-34-26(37-13-35-23(24(19)37)25(36)38)33-11-18-16-6-8-39-21(16)4-3-20(18)28/h3-4,9-10,12-14H,5-8,11H2,1-2H3,(H,33,34). The van der Waals surface area contributed by atoms with Crippen molar-refractivity contribution in [3.63, 3.8) is 0 Å². The number of ether oxygens (including phenoxy) is 1. The van der Waals surface area contributed by atoms with Gasteiger partial charge in [0.25, 0.3) is 5.91 Å². The zero-order valence-electron chi connectivity index (χ0n) is 21.1. The lowest BCUT2D eigenvalue weighted by Gasteiger charge is -2.26. The van der Waals surface area contributed by atoms with Crippen LogP contribution in [0.15, 0.2) is 36.9 Å². The van der Waals surface area contributed by atoms with Gasteiger partial charge in [0.05, 0.1) is 12.1 Å². The van der Waals surface area contributed by atoms with Gasteiger partial charge in [-0.1, -0.05) is 0 Å². The highest BCUT2D eigenvalue weighted by Crippen LogP contribution is 2.36. The second-order valence-corrected chi connectivity index (χ2v) is 9.83. The molecule has 39 heavy (non-hydrogen) atoms. The quantitative estimate of drug-likeness (QED) is 0.371. The number of benzene rings is 1. The minimum atomic E-state index is -4.61. The number of halogens is 4. The molecule has 0 saturated carbocycles. The third-order valence-corrected chi connectivity index (χ3v) is 7.21. The van der Waals surface area contributed by atoms with E-state index in [1.165, 1.54) is 24.8 Å². The first-order valence-electron chi connectivity index (χ1n) is 12.5. The molecule has 0 spiro atoms. The Morgan fingerprint density at radius 3 is 2.67 bits per heavy atom. The lowest BCUT2D eigenvalue weighted by atomic mass is 9.99. The Kier molecular flexibility index (Phi) is 5.92. The van der Waals surface area contributed by atoms with E-state index in [1.807, 2.05) is 13.8 Å². The molecule has 3 aromatic heterocycles. The number of hydrogen-bond acceptors (Lipinski definition) is 6. The summed E-state index contributed by atoms with van der Waals surface area (Å²) in [6, 6.07) is 3.78. The number of pyridine rings is 1. The predicted molar refractivity (Wildman–Crippen MR) is 134 cm³/mol. The molecule has 8 nitrogen and oxygen atoms in total. The van der Waals surface area contributed by atoms with Crippen LogP contribution in [0.4, 0.5) is 23.5 Å². The Morgan fingerprint density at radius 1 is 1.10 bits per heavy atom. The van der Waals surface area contributed by atoms with Crippen molar-refractivity contribution in [2.45, 2.75) is 45.5 Å². The summed E-state index contributed by atoms with van der Waals surface area (Å²) in [5.74, 6) is 0.228. The number of aromatic nitrogens is 4. The van der Waals surface area contributed by atoms with Crippen molar-refractivity contribution in [3.05, 3.63) is 70.8 Å². The first-order chi connectivity index (χ1) is 18.6. The normalized spacial score (nSPS) is 15.1. The molecular weight excluding hydrogens is 516 g/mol. The second kappa shape index (κ2) is 9.21. The van der Waals surface area contributed by atoms with Crippen LogP contribution in [-0.4, -0.2) is 49.4 Å². The van der Waals surface area contributed by atoms with Crippen LogP contribution in [0.1, 0.15) is 46.7 Å². The number of carbonyl (C=O) groups is 1. The fourth-order valence-corrected chi connectivity index (χ4v) is 5.25. The molecule has 6 rings (SSSR count). The highest BCUT2D eigenvalue weighted by Gasteiger charge is 2.34. The fourth-order valence-electron chi connectivity index (χ4n) is 5.25. The molecule has 0 unspecified atom stereocenters. The number of alkyl halides is 3. The van der Waals surface area contributed by atoms with Crippen molar-refractivity contribution in [2.75, 3.05) is 18.5 Å². The molecule has 202 valence electrons. The van der Waals surface area contributed by atoms with E-state index in [-0.39, 0.29) is 43.0 Å². The van der Waals surface area contributed by atoms with E-state index >= 15 is 0 Å². The topological polar surface area (TPSA) is 84.7 Å². The number of nitrogens with zero attached hydrogens (tertiary/aromatic N) is 5. The summed E-state index contributed by atoms with van der Waals surface area (Å²) in [6.07, 6.45) is 0.281. The van der Waals surface area contributed by atoms with Gasteiger partial charge in [0.15, 0.2) is 5.69 Å². The number of anilines is 1. The van der Waals surface area contributed by atoms with Gasteiger partial charge in [-0.05, 0) is 44.0 Å². The van der Waals surface area contributed by atoms with Crippen molar-refractivity contribution in [1.29, 1.82) is 0 Å². The van der Waals surface area contributed by atoms with Crippen LogP contribution in [0.5, 0.6) is 5.75 Å². The van der Waals surface area contributed by atoms with E-state index in [4.69, 9.17) is 4.74 Å². The molecule has 1 amide bonds. The van der Waals surface area contributed by atoms with E-state index in [0.29, 0.717) is 52.5 Å². The fraction of sp³-hybridized carbons (Fsp3) is 0.333. The van der Waals surface area contributed by atoms with Crippen LogP contribution in [0, 0.1) is 5.82 Å². The minimum absolute atomic E-state index is 0.104. The van der Waals surface area contributed by atoms with E-state index in [1.54, 1.807) is 15.4 Å². The van der Waals surface area contributed by atoms with Crippen molar-refractivity contribution in [2.24, 2.45) is 0 Å². The monoisotopic (exact) mass is 540 g/mol. The Balaban J connectivity index is 1.49. The van der Waals surface area contributed by atoms with Crippen molar-refractivity contribution in [3.8, 4) is 16.9 Å². The van der Waals surface area contributed by atoms with Gasteiger partial charge in [0.1, 0.15) is 23.6 Å². The zero-order valence-corrected chi connectivity index (χ0v) is 21.1. The lowest BCUT2D eigenvalue weighted by Crippen LogP contribution is -2.38. The van der Waals surface area contributed by atoms with E-state index in [9.17, 15) is 22.4 Å². The summed E-state index contributed by atoms with van der Waals surface area (Å²) >= 11 is 0. The van der Waals surface area contributed by atoms with Crippen LogP contribution in [0.2, 0.25) is 0 Å². The molecule has 0 saturated heterocycles. The molecule has 1 N–H and O–H groups in total. The number of hydrogen-bond donors (Lipinski definition) is 1. The van der Waals surface area contributed by atoms with E-state index < -0.39 is 11.9 Å². The summed E-state index contributed by atoms with van der Waals surface area (Å²) in [6.45, 7) is 4.47. The minimum Gasteiger partial charge on any atom is -0.493 e. The van der Waals surface area contributed by atoms with Gasteiger partial charge in [0, 0.05) is 60.2 Å². The van der Waals surface area contributed by atoms with Gasteiger partial charge in [-0.25, -0.2) is 14.4 Å². The Bertz CT molecular complexity index is 1610. The van der Waals surface area contributed by atoms with Crippen molar-refractivity contribution in [1.82, 2.24) is 24.3 Å². The average molecular weight is 541 g/mol. The first kappa shape index (κ1) is 25.1.